The van der Waals surface area contributed by atoms with Crippen molar-refractivity contribution in [3.8, 4) is 11.5 Å². The molecule has 0 bridgehead atoms. The Morgan fingerprint density at radius 1 is 0.719 bits per heavy atom. The van der Waals surface area contributed by atoms with Crippen molar-refractivity contribution >= 4 is 11.9 Å². The van der Waals surface area contributed by atoms with Gasteiger partial charge >= 0.3 is 0 Å². The summed E-state index contributed by atoms with van der Waals surface area (Å²) in [6, 6.07) is 16.2. The molecule has 1 atom stereocenters. The van der Waals surface area contributed by atoms with E-state index in [2.05, 4.69) is 37.9 Å². The lowest BCUT2D eigenvalue weighted by molar-refractivity contribution is 0.206. The number of nitrogens with zero attached hydrogens (tertiary/aromatic N) is 1. The van der Waals surface area contributed by atoms with Crippen LogP contribution in [-0.4, -0.2) is 18.9 Å². The Hall–Kier alpha value is -2.29. The summed E-state index contributed by atoms with van der Waals surface area (Å²) >= 11 is 0. The van der Waals surface area contributed by atoms with Crippen LogP contribution in [0.15, 0.2) is 53.5 Å². The molecule has 0 aliphatic heterocycles. The molecule has 2 aromatic rings. The molecular formula is C29H43NO2. The lowest BCUT2D eigenvalue weighted by Crippen LogP contribution is -2.11. The molecule has 176 valence electrons. The average molecular weight is 438 g/mol. The van der Waals surface area contributed by atoms with E-state index in [4.69, 9.17) is 9.47 Å². The number of benzene rings is 2. The van der Waals surface area contributed by atoms with Crippen molar-refractivity contribution in [3.05, 3.63) is 54.1 Å². The molecule has 3 nitrogen and oxygen atoms in total. The Morgan fingerprint density at radius 3 is 2.00 bits per heavy atom. The molecular weight excluding hydrogens is 394 g/mol. The van der Waals surface area contributed by atoms with Crippen LogP contribution in [0, 0.1) is 0 Å². The molecule has 0 N–H and O–H groups in total. The number of unbranched alkanes of at least 4 members (excludes halogenated alkanes) is 8. The minimum Gasteiger partial charge on any atom is -0.494 e. The molecule has 0 unspecified atom stereocenters. The Bertz CT molecular complexity index is 737. The Balaban J connectivity index is 1.70. The van der Waals surface area contributed by atoms with Gasteiger partial charge in [0.1, 0.15) is 11.5 Å². The van der Waals surface area contributed by atoms with Gasteiger partial charge in [0, 0.05) is 6.21 Å². The Morgan fingerprint density at radius 2 is 1.31 bits per heavy atom. The van der Waals surface area contributed by atoms with Crippen molar-refractivity contribution < 1.29 is 9.47 Å². The second-order valence-corrected chi connectivity index (χ2v) is 8.72. The fourth-order valence-corrected chi connectivity index (χ4v) is 3.63. The van der Waals surface area contributed by atoms with Crippen LogP contribution < -0.4 is 9.47 Å². The maximum Gasteiger partial charge on any atom is 0.119 e. The lowest BCUT2D eigenvalue weighted by Gasteiger charge is -2.14. The van der Waals surface area contributed by atoms with Gasteiger partial charge in [-0.15, -0.1) is 0 Å². The monoisotopic (exact) mass is 437 g/mol. The zero-order valence-corrected chi connectivity index (χ0v) is 20.5. The van der Waals surface area contributed by atoms with Crippen LogP contribution in [-0.2, 0) is 0 Å². The van der Waals surface area contributed by atoms with Crippen LogP contribution in [0.25, 0.3) is 0 Å². The zero-order chi connectivity index (χ0) is 22.9. The highest BCUT2D eigenvalue weighted by Crippen LogP contribution is 2.20. The fraction of sp³-hybridized carbons (Fsp3) is 0.552. The molecule has 0 aromatic heterocycles. The predicted molar refractivity (Wildman–Crippen MR) is 138 cm³/mol. The summed E-state index contributed by atoms with van der Waals surface area (Å²) in [7, 11) is 0. The van der Waals surface area contributed by atoms with Gasteiger partial charge in [0.15, 0.2) is 0 Å². The van der Waals surface area contributed by atoms with Crippen LogP contribution in [0.3, 0.4) is 0 Å². The number of aliphatic imine (C=N–C) groups is 1. The maximum atomic E-state index is 6.03. The Kier molecular flexibility index (Phi) is 13.3. The van der Waals surface area contributed by atoms with E-state index >= 15 is 0 Å². The maximum absolute atomic E-state index is 6.03. The van der Waals surface area contributed by atoms with Crippen molar-refractivity contribution in [2.24, 2.45) is 4.99 Å². The third-order valence-electron chi connectivity index (χ3n) is 5.65. The predicted octanol–water partition coefficient (Wildman–Crippen LogP) is 8.91. The largest absolute Gasteiger partial charge is 0.494 e. The Labute approximate surface area is 196 Å². The summed E-state index contributed by atoms with van der Waals surface area (Å²) in [5, 5.41) is 0. The van der Waals surface area contributed by atoms with E-state index in [1.165, 1.54) is 57.8 Å². The van der Waals surface area contributed by atoms with Gasteiger partial charge in [-0.25, -0.2) is 0 Å². The van der Waals surface area contributed by atoms with Gasteiger partial charge in [-0.1, -0.05) is 65.2 Å². The second kappa shape index (κ2) is 16.4. The molecule has 3 heteroatoms. The van der Waals surface area contributed by atoms with Gasteiger partial charge in [-0.3, -0.25) is 4.99 Å². The van der Waals surface area contributed by atoms with E-state index in [9.17, 15) is 0 Å². The molecule has 0 radical (unpaired) electrons. The SMILES string of the molecule is CCCCCCCCOc1ccc(N=Cc2ccc(O[C@H](C)CCCCCC)cc2)cc1. The van der Waals surface area contributed by atoms with Crippen LogP contribution in [0.4, 0.5) is 5.69 Å². The van der Waals surface area contributed by atoms with Crippen LogP contribution in [0.1, 0.15) is 97.0 Å². The topological polar surface area (TPSA) is 30.8 Å². The molecule has 32 heavy (non-hydrogen) atoms. The molecule has 0 amide bonds. The summed E-state index contributed by atoms with van der Waals surface area (Å²) in [6.45, 7) is 7.44. The molecule has 0 aliphatic rings. The minimum atomic E-state index is 0.258. The average Bonchev–Trinajstić information content (AvgIpc) is 2.81. The van der Waals surface area contributed by atoms with E-state index in [1.807, 2.05) is 42.6 Å². The van der Waals surface area contributed by atoms with Gasteiger partial charge in [0.2, 0.25) is 0 Å². The summed E-state index contributed by atoms with van der Waals surface area (Å²) in [4.78, 5) is 4.58. The first-order chi connectivity index (χ1) is 15.7. The van der Waals surface area contributed by atoms with Crippen LogP contribution in [0.5, 0.6) is 11.5 Å². The minimum absolute atomic E-state index is 0.258. The van der Waals surface area contributed by atoms with E-state index in [1.54, 1.807) is 0 Å². The standard InChI is InChI=1S/C29H43NO2/c1-4-6-8-10-11-13-23-31-28-21-17-27(18-22-28)30-24-26-15-19-29(20-16-26)32-25(3)14-12-9-7-5-2/h15-22,24-25H,4-14,23H2,1-3H3/t25-/m1/s1. The van der Waals surface area contributed by atoms with Gasteiger partial charge in [0.25, 0.3) is 0 Å². The third-order valence-corrected chi connectivity index (χ3v) is 5.65. The number of hydrogen-bond acceptors (Lipinski definition) is 3. The van der Waals surface area contributed by atoms with E-state index in [0.29, 0.717) is 0 Å². The van der Waals surface area contributed by atoms with Crippen molar-refractivity contribution in [1.29, 1.82) is 0 Å². The fourth-order valence-electron chi connectivity index (χ4n) is 3.63. The summed E-state index contributed by atoms with van der Waals surface area (Å²) < 4.78 is 11.9. The van der Waals surface area contributed by atoms with Gasteiger partial charge < -0.3 is 9.47 Å². The van der Waals surface area contributed by atoms with Crippen molar-refractivity contribution in [2.45, 2.75) is 97.5 Å². The lowest BCUT2D eigenvalue weighted by atomic mass is 10.1. The highest BCUT2D eigenvalue weighted by atomic mass is 16.5. The normalized spacial score (nSPS) is 12.2. The molecule has 0 fully saturated rings. The van der Waals surface area contributed by atoms with Crippen LogP contribution in [0.2, 0.25) is 0 Å². The molecule has 0 heterocycles. The first-order valence-electron chi connectivity index (χ1n) is 12.7. The van der Waals surface area contributed by atoms with Crippen LogP contribution >= 0.6 is 0 Å². The first kappa shape index (κ1) is 26.0. The van der Waals surface area contributed by atoms with Crippen molar-refractivity contribution in [1.82, 2.24) is 0 Å². The molecule has 0 spiro atoms. The van der Waals surface area contributed by atoms with E-state index < -0.39 is 0 Å². The highest BCUT2D eigenvalue weighted by molar-refractivity contribution is 5.82. The van der Waals surface area contributed by atoms with Gasteiger partial charge in [-0.2, -0.15) is 0 Å². The molecule has 2 aromatic carbocycles. The van der Waals surface area contributed by atoms with E-state index in [0.717, 1.165) is 42.2 Å². The number of ether oxygens (including phenoxy) is 2. The summed E-state index contributed by atoms with van der Waals surface area (Å²) in [5.41, 5.74) is 1.99. The molecule has 0 saturated heterocycles. The first-order valence-corrected chi connectivity index (χ1v) is 12.7. The van der Waals surface area contributed by atoms with Crippen molar-refractivity contribution in [2.75, 3.05) is 6.61 Å². The van der Waals surface area contributed by atoms with Crippen molar-refractivity contribution in [3.63, 3.8) is 0 Å². The number of hydrogen-bond donors (Lipinski definition) is 0. The van der Waals surface area contributed by atoms with E-state index in [-0.39, 0.29) is 6.10 Å². The smallest absolute Gasteiger partial charge is 0.119 e. The summed E-state index contributed by atoms with van der Waals surface area (Å²) in [5.74, 6) is 1.85. The molecule has 2 rings (SSSR count). The molecule has 0 aliphatic carbocycles. The molecule has 0 saturated carbocycles. The third kappa shape index (κ3) is 11.4. The summed E-state index contributed by atoms with van der Waals surface area (Å²) in [6.07, 6.45) is 16.1. The number of rotatable bonds is 17. The zero-order valence-electron chi connectivity index (χ0n) is 20.5. The van der Waals surface area contributed by atoms with Gasteiger partial charge in [0.05, 0.1) is 18.4 Å². The second-order valence-electron chi connectivity index (χ2n) is 8.72. The van der Waals surface area contributed by atoms with Gasteiger partial charge in [-0.05, 0) is 80.3 Å². The quantitative estimate of drug-likeness (QED) is 0.183. The highest BCUT2D eigenvalue weighted by Gasteiger charge is 2.04.